The molecule has 0 aromatic rings. The van der Waals surface area contributed by atoms with Gasteiger partial charge in [0.2, 0.25) is 0 Å². The van der Waals surface area contributed by atoms with E-state index in [1.807, 2.05) is 20.8 Å². The maximum absolute atomic E-state index is 12.6. The summed E-state index contributed by atoms with van der Waals surface area (Å²) in [5.74, 6) is -0.229. The fourth-order valence-corrected chi connectivity index (χ4v) is 4.20. The van der Waals surface area contributed by atoms with Gasteiger partial charge >= 0.3 is 0 Å². The highest BCUT2D eigenvalue weighted by molar-refractivity contribution is 8.17. The maximum atomic E-state index is 12.6. The van der Waals surface area contributed by atoms with Crippen molar-refractivity contribution in [2.75, 3.05) is 0 Å². The summed E-state index contributed by atoms with van der Waals surface area (Å²) in [5, 5.41) is -0.892. The zero-order valence-corrected chi connectivity index (χ0v) is 17.8. The van der Waals surface area contributed by atoms with E-state index in [1.165, 1.54) is 6.08 Å². The third-order valence-electron chi connectivity index (χ3n) is 4.83. The normalized spacial score (nSPS) is 16.2. The largest absolute Gasteiger partial charge is 0.302 e. The Balaban J connectivity index is 5.59. The van der Waals surface area contributed by atoms with E-state index in [2.05, 4.69) is 13.5 Å². The van der Waals surface area contributed by atoms with Crippen LogP contribution in [0.5, 0.6) is 0 Å². The molecule has 0 bridgehead atoms. The molecule has 0 aromatic carbocycles. The molecule has 0 spiro atoms. The zero-order valence-electron chi connectivity index (χ0n) is 15.4. The third-order valence-corrected chi connectivity index (χ3v) is 7.44. The van der Waals surface area contributed by atoms with Crippen LogP contribution in [-0.4, -0.2) is 25.1 Å². The highest BCUT2D eigenvalue weighted by atomic mass is 35.7. The first-order chi connectivity index (χ1) is 11.5. The fraction of sp³-hybridized carbons (Fsp3) is 0.556. The Bertz CT molecular complexity index is 659. The molecule has 0 saturated carbocycles. The first-order valence-electron chi connectivity index (χ1n) is 8.11. The lowest BCUT2D eigenvalue weighted by molar-refractivity contribution is -0.117. The predicted molar refractivity (Wildman–Crippen MR) is 107 cm³/mol. The van der Waals surface area contributed by atoms with Gasteiger partial charge in [0.05, 0.1) is 10.2 Å². The topological polar surface area (TPSA) is 68.3 Å². The first kappa shape index (κ1) is 24.1. The van der Waals surface area contributed by atoms with E-state index in [4.69, 9.17) is 10.7 Å². The highest BCUT2D eigenvalue weighted by Gasteiger charge is 2.34. The van der Waals surface area contributed by atoms with Gasteiger partial charge in [0.25, 0.3) is 9.05 Å². The van der Waals surface area contributed by atoms with Crippen molar-refractivity contribution in [2.45, 2.75) is 52.7 Å². The van der Waals surface area contributed by atoms with Crippen LogP contribution in [0.15, 0.2) is 35.3 Å². The van der Waals surface area contributed by atoms with Crippen molar-refractivity contribution in [1.29, 1.82) is 0 Å². The number of carbonyl (C=O) groups excluding carboxylic acids is 2. The standard InChI is InChI=1S/C18H27ClO4S2/c1-7-14(11-15(8-2)25(19,22)23)16(12-20)24-17(21)13(5)18(6,9-3)10-4/h7-8,11-13,16H,2,9-10H2,1,3-6H3/b14-7+,15-11+. The van der Waals surface area contributed by atoms with Crippen molar-refractivity contribution < 1.29 is 18.0 Å². The molecular formula is C18H27ClO4S2. The molecule has 0 amide bonds. The summed E-state index contributed by atoms with van der Waals surface area (Å²) in [4.78, 5) is 24.0. The van der Waals surface area contributed by atoms with Crippen LogP contribution >= 0.6 is 22.4 Å². The summed E-state index contributed by atoms with van der Waals surface area (Å²) >= 11 is 0.914. The number of hydrogen-bond acceptors (Lipinski definition) is 5. The molecule has 0 fully saturated rings. The van der Waals surface area contributed by atoms with Gasteiger partial charge in [-0.3, -0.25) is 4.79 Å². The van der Waals surface area contributed by atoms with Crippen LogP contribution in [0.1, 0.15) is 47.5 Å². The lowest BCUT2D eigenvalue weighted by atomic mass is 9.74. The van der Waals surface area contributed by atoms with Crippen molar-refractivity contribution in [3.8, 4) is 0 Å². The number of hydrogen-bond donors (Lipinski definition) is 0. The van der Waals surface area contributed by atoms with E-state index in [0.717, 1.165) is 30.7 Å². The number of halogens is 1. The van der Waals surface area contributed by atoms with Crippen molar-refractivity contribution in [3.05, 3.63) is 35.3 Å². The second-order valence-electron chi connectivity index (χ2n) is 6.05. The molecule has 0 radical (unpaired) electrons. The summed E-state index contributed by atoms with van der Waals surface area (Å²) in [6.07, 6.45) is 6.31. The van der Waals surface area contributed by atoms with Crippen molar-refractivity contribution in [2.24, 2.45) is 11.3 Å². The zero-order chi connectivity index (χ0) is 19.8. The molecule has 142 valence electrons. The molecule has 0 aliphatic heterocycles. The Kier molecular flexibility index (Phi) is 9.98. The lowest BCUT2D eigenvalue weighted by Gasteiger charge is -2.33. The van der Waals surface area contributed by atoms with Gasteiger partial charge in [-0.1, -0.05) is 65.0 Å². The van der Waals surface area contributed by atoms with Crippen molar-refractivity contribution >= 4 is 42.9 Å². The Morgan fingerprint density at radius 1 is 1.32 bits per heavy atom. The molecule has 0 aromatic heterocycles. The average molecular weight is 407 g/mol. The maximum Gasteiger partial charge on any atom is 0.261 e. The molecule has 0 saturated heterocycles. The van der Waals surface area contributed by atoms with Crippen LogP contribution in [0, 0.1) is 11.3 Å². The third kappa shape index (κ3) is 6.76. The predicted octanol–water partition coefficient (Wildman–Crippen LogP) is 4.86. The van der Waals surface area contributed by atoms with Crippen LogP contribution in [0.3, 0.4) is 0 Å². The first-order valence-corrected chi connectivity index (χ1v) is 11.3. The van der Waals surface area contributed by atoms with Gasteiger partial charge in [0, 0.05) is 16.6 Å². The number of thioether (sulfide) groups is 1. The minimum absolute atomic E-state index is 0.0927. The summed E-state index contributed by atoms with van der Waals surface area (Å²) < 4.78 is 23.0. The molecule has 7 heteroatoms. The van der Waals surface area contributed by atoms with Crippen molar-refractivity contribution in [1.82, 2.24) is 0 Å². The molecule has 4 nitrogen and oxygen atoms in total. The smallest absolute Gasteiger partial charge is 0.261 e. The molecule has 0 N–H and O–H groups in total. The van der Waals surface area contributed by atoms with Crippen LogP contribution in [0.4, 0.5) is 0 Å². The molecule has 25 heavy (non-hydrogen) atoms. The molecule has 2 unspecified atom stereocenters. The van der Waals surface area contributed by atoms with E-state index in [9.17, 15) is 18.0 Å². The van der Waals surface area contributed by atoms with Gasteiger partial charge in [-0.15, -0.1) is 0 Å². The van der Waals surface area contributed by atoms with E-state index in [0.29, 0.717) is 11.9 Å². The second kappa shape index (κ2) is 10.3. The van der Waals surface area contributed by atoms with Crippen LogP contribution < -0.4 is 0 Å². The second-order valence-corrected chi connectivity index (χ2v) is 9.77. The van der Waals surface area contributed by atoms with Crippen LogP contribution in [0.25, 0.3) is 0 Å². The SMILES string of the molecule is C=C/C(=C\C(=C/C)C(C=O)SC(=O)C(C)C(C)(CC)CC)S(=O)(=O)Cl. The Labute approximate surface area is 160 Å². The molecule has 0 heterocycles. The minimum Gasteiger partial charge on any atom is -0.302 e. The minimum atomic E-state index is -3.97. The van der Waals surface area contributed by atoms with E-state index >= 15 is 0 Å². The van der Waals surface area contributed by atoms with Gasteiger partial charge in [-0.05, 0) is 30.1 Å². The Morgan fingerprint density at radius 2 is 1.84 bits per heavy atom. The number of rotatable bonds is 10. The summed E-state index contributed by atoms with van der Waals surface area (Å²) in [7, 11) is 1.37. The molecule has 0 aliphatic carbocycles. The number of aldehydes is 1. The quantitative estimate of drug-likeness (QED) is 0.294. The summed E-state index contributed by atoms with van der Waals surface area (Å²) in [6, 6.07) is 0. The van der Waals surface area contributed by atoms with Gasteiger partial charge in [-0.25, -0.2) is 8.42 Å². The van der Waals surface area contributed by atoms with Crippen LogP contribution in [-0.2, 0) is 18.6 Å². The molecule has 0 rings (SSSR count). The fourth-order valence-electron chi connectivity index (χ4n) is 2.27. The molecule has 0 aliphatic rings. The lowest BCUT2D eigenvalue weighted by Crippen LogP contribution is -2.30. The van der Waals surface area contributed by atoms with E-state index < -0.39 is 14.3 Å². The monoisotopic (exact) mass is 406 g/mol. The average Bonchev–Trinajstić information content (AvgIpc) is 2.58. The Hall–Kier alpha value is -0.850. The summed E-state index contributed by atoms with van der Waals surface area (Å²) in [6.45, 7) is 13.1. The van der Waals surface area contributed by atoms with Gasteiger partial charge in [-0.2, -0.15) is 0 Å². The summed E-state index contributed by atoms with van der Waals surface area (Å²) in [5.41, 5.74) is 0.254. The van der Waals surface area contributed by atoms with Crippen molar-refractivity contribution in [3.63, 3.8) is 0 Å². The molecule has 2 atom stereocenters. The highest BCUT2D eigenvalue weighted by Crippen LogP contribution is 2.38. The van der Waals surface area contributed by atoms with Crippen LogP contribution in [0.2, 0.25) is 0 Å². The van der Waals surface area contributed by atoms with E-state index in [-0.39, 0.29) is 21.4 Å². The van der Waals surface area contributed by atoms with Gasteiger partial charge < -0.3 is 4.79 Å². The Morgan fingerprint density at radius 3 is 2.16 bits per heavy atom. The van der Waals surface area contributed by atoms with Gasteiger partial charge in [0.1, 0.15) is 6.29 Å². The number of carbonyl (C=O) groups is 2. The van der Waals surface area contributed by atoms with E-state index in [1.54, 1.807) is 13.0 Å². The van der Waals surface area contributed by atoms with Gasteiger partial charge in [0.15, 0.2) is 5.12 Å². The molecular weight excluding hydrogens is 380 g/mol. The number of allylic oxidation sites excluding steroid dienone is 3.